The lowest BCUT2D eigenvalue weighted by Gasteiger charge is -2.31. The molecule has 1 fully saturated rings. The van der Waals surface area contributed by atoms with Crippen LogP contribution in [0.5, 0.6) is 11.5 Å². The van der Waals surface area contributed by atoms with Crippen LogP contribution >= 0.6 is 0 Å². The van der Waals surface area contributed by atoms with Gasteiger partial charge in [0.15, 0.2) is 23.8 Å². The zero-order valence-corrected chi connectivity index (χ0v) is 20.3. The first-order valence-electron chi connectivity index (χ1n) is 11.8. The van der Waals surface area contributed by atoms with Crippen LogP contribution in [0.15, 0.2) is 54.7 Å². The van der Waals surface area contributed by atoms with Gasteiger partial charge in [-0.1, -0.05) is 43.5 Å². The molecule has 186 valence electrons. The molecule has 1 aliphatic rings. The van der Waals surface area contributed by atoms with Gasteiger partial charge >= 0.3 is 5.97 Å². The summed E-state index contributed by atoms with van der Waals surface area (Å²) in [6.07, 6.45) is 5.69. The summed E-state index contributed by atoms with van der Waals surface area (Å²) >= 11 is 0. The molecule has 0 spiro atoms. The number of carbonyl (C=O) groups excluding carboxylic acids is 2. The van der Waals surface area contributed by atoms with Gasteiger partial charge in [-0.15, -0.1) is 0 Å². The van der Waals surface area contributed by atoms with Crippen molar-refractivity contribution in [3.63, 3.8) is 0 Å². The smallest absolute Gasteiger partial charge is 0.360 e. The summed E-state index contributed by atoms with van der Waals surface area (Å²) in [5.74, 6) is -0.219. The van der Waals surface area contributed by atoms with Gasteiger partial charge in [0.2, 0.25) is 0 Å². The fourth-order valence-corrected chi connectivity index (χ4v) is 4.38. The number of ether oxygens (including phenoxy) is 3. The van der Waals surface area contributed by atoms with Crippen LogP contribution in [-0.2, 0) is 9.53 Å². The quantitative estimate of drug-likeness (QED) is 0.476. The van der Waals surface area contributed by atoms with Crippen LogP contribution in [0.25, 0.3) is 16.8 Å². The lowest BCUT2D eigenvalue weighted by atomic mass is 9.83. The van der Waals surface area contributed by atoms with Gasteiger partial charge in [-0.3, -0.25) is 4.79 Å². The highest BCUT2D eigenvalue weighted by Gasteiger charge is 2.34. The number of hydrogen-bond acceptors (Lipinski definition) is 7. The van der Waals surface area contributed by atoms with Gasteiger partial charge in [0.05, 0.1) is 26.0 Å². The van der Waals surface area contributed by atoms with Gasteiger partial charge < -0.3 is 19.5 Å². The summed E-state index contributed by atoms with van der Waals surface area (Å²) in [5.41, 5.74) is 1.07. The third-order valence-electron chi connectivity index (χ3n) is 6.26. The zero-order valence-electron chi connectivity index (χ0n) is 20.3. The van der Waals surface area contributed by atoms with Crippen molar-refractivity contribution in [3.8, 4) is 34.4 Å². The average Bonchev–Trinajstić information content (AvgIpc) is 3.38. The molecular weight excluding hydrogens is 460 g/mol. The maximum Gasteiger partial charge on any atom is 0.360 e. The Morgan fingerprint density at radius 3 is 2.44 bits per heavy atom. The molecule has 1 saturated carbocycles. The fraction of sp³-hybridized carbons (Fsp3) is 0.333. The Kier molecular flexibility index (Phi) is 7.54. The molecule has 2 aromatic carbocycles. The molecule has 1 heterocycles. The Labute approximate surface area is 209 Å². The van der Waals surface area contributed by atoms with Gasteiger partial charge in [-0.25, -0.2) is 9.48 Å². The molecule has 0 bridgehead atoms. The van der Waals surface area contributed by atoms with Crippen molar-refractivity contribution >= 4 is 11.9 Å². The first-order chi connectivity index (χ1) is 17.5. The topological polar surface area (TPSA) is 115 Å². The molecule has 9 nitrogen and oxygen atoms in total. The molecule has 1 aliphatic carbocycles. The Morgan fingerprint density at radius 1 is 1.06 bits per heavy atom. The van der Waals surface area contributed by atoms with Crippen LogP contribution in [-0.4, -0.2) is 48.0 Å². The minimum Gasteiger partial charge on any atom is -0.493 e. The van der Waals surface area contributed by atoms with Crippen molar-refractivity contribution in [2.75, 3.05) is 20.8 Å². The van der Waals surface area contributed by atoms with E-state index in [1.165, 1.54) is 7.11 Å². The highest BCUT2D eigenvalue weighted by molar-refractivity contribution is 5.96. The Balaban J connectivity index is 1.59. The minimum absolute atomic E-state index is 0.0477. The van der Waals surface area contributed by atoms with E-state index < -0.39 is 24.0 Å². The number of benzene rings is 2. The summed E-state index contributed by atoms with van der Waals surface area (Å²) < 4.78 is 17.7. The normalized spacial score (nSPS) is 14.4. The van der Waals surface area contributed by atoms with Crippen molar-refractivity contribution in [2.24, 2.45) is 0 Å². The largest absolute Gasteiger partial charge is 0.493 e. The number of nitriles is 1. The van der Waals surface area contributed by atoms with E-state index in [2.05, 4.69) is 16.5 Å². The minimum atomic E-state index is -0.901. The second kappa shape index (κ2) is 11.0. The summed E-state index contributed by atoms with van der Waals surface area (Å²) in [5, 5.41) is 16.8. The van der Waals surface area contributed by atoms with Crippen LogP contribution < -0.4 is 14.8 Å². The van der Waals surface area contributed by atoms with E-state index in [4.69, 9.17) is 14.2 Å². The monoisotopic (exact) mass is 488 g/mol. The number of nitrogens with one attached hydrogen (secondary N) is 1. The molecule has 0 atom stereocenters. The number of methoxy groups -OCH3 is 2. The third kappa shape index (κ3) is 5.33. The molecule has 36 heavy (non-hydrogen) atoms. The maximum atomic E-state index is 13.1. The van der Waals surface area contributed by atoms with Crippen LogP contribution in [0.3, 0.4) is 0 Å². The van der Waals surface area contributed by atoms with Gasteiger partial charge in [-0.05, 0) is 42.7 Å². The van der Waals surface area contributed by atoms with E-state index >= 15 is 0 Å². The summed E-state index contributed by atoms with van der Waals surface area (Å²) in [4.78, 5) is 25.7. The molecule has 0 saturated heterocycles. The van der Waals surface area contributed by atoms with Crippen LogP contribution in [0.1, 0.15) is 42.6 Å². The van der Waals surface area contributed by atoms with Gasteiger partial charge in [0.1, 0.15) is 5.54 Å². The Bertz CT molecular complexity index is 1270. The first kappa shape index (κ1) is 24.8. The molecule has 1 amide bonds. The molecule has 9 heteroatoms. The van der Waals surface area contributed by atoms with E-state index in [1.54, 1.807) is 36.2 Å². The van der Waals surface area contributed by atoms with Crippen LogP contribution in [0.2, 0.25) is 0 Å². The summed E-state index contributed by atoms with van der Waals surface area (Å²) in [6.45, 7) is -0.508. The van der Waals surface area contributed by atoms with E-state index in [0.29, 0.717) is 35.5 Å². The average molecular weight is 489 g/mol. The number of rotatable bonds is 8. The van der Waals surface area contributed by atoms with Crippen molar-refractivity contribution in [1.82, 2.24) is 15.1 Å². The number of esters is 1. The number of carbonyl (C=O) groups is 2. The van der Waals surface area contributed by atoms with E-state index in [-0.39, 0.29) is 5.69 Å². The van der Waals surface area contributed by atoms with E-state index in [0.717, 1.165) is 24.9 Å². The number of amides is 1. The van der Waals surface area contributed by atoms with E-state index in [9.17, 15) is 14.9 Å². The number of aromatic nitrogens is 2. The zero-order chi connectivity index (χ0) is 25.5. The standard InChI is InChI=1S/C27H28N4O5/c1-34-22-12-11-19(15-23(22)35-2)21-16-31(20-9-5-3-6-10-20)30-25(21)26(33)36-17-24(32)29-27(18-28)13-7-4-8-14-27/h3,5-6,9-12,15-16H,4,7-8,13-14,17H2,1-2H3,(H,29,32). The number of nitrogens with zero attached hydrogens (tertiary/aromatic N) is 3. The SMILES string of the molecule is COc1ccc(-c2cn(-c3ccccc3)nc2C(=O)OCC(=O)NC2(C#N)CCCCC2)cc1OC. The Hall–Kier alpha value is -4.32. The molecule has 0 radical (unpaired) electrons. The van der Waals surface area contributed by atoms with Crippen molar-refractivity contribution in [3.05, 3.63) is 60.4 Å². The van der Waals surface area contributed by atoms with Gasteiger partial charge in [-0.2, -0.15) is 10.4 Å². The predicted octanol–water partition coefficient (Wildman–Crippen LogP) is 4.06. The first-order valence-corrected chi connectivity index (χ1v) is 11.8. The molecule has 1 aromatic heterocycles. The van der Waals surface area contributed by atoms with Crippen molar-refractivity contribution < 1.29 is 23.8 Å². The molecule has 1 N–H and O–H groups in total. The van der Waals surface area contributed by atoms with Crippen molar-refractivity contribution in [2.45, 2.75) is 37.6 Å². The van der Waals surface area contributed by atoms with Gasteiger partial charge in [0, 0.05) is 11.8 Å². The van der Waals surface area contributed by atoms with Crippen LogP contribution in [0, 0.1) is 11.3 Å². The van der Waals surface area contributed by atoms with E-state index in [1.807, 2.05) is 30.3 Å². The highest BCUT2D eigenvalue weighted by atomic mass is 16.5. The Morgan fingerprint density at radius 2 is 1.78 bits per heavy atom. The molecule has 0 unspecified atom stereocenters. The predicted molar refractivity (Wildman–Crippen MR) is 132 cm³/mol. The number of para-hydroxylation sites is 1. The summed E-state index contributed by atoms with van der Waals surface area (Å²) in [6, 6.07) is 16.8. The van der Waals surface area contributed by atoms with Gasteiger partial charge in [0.25, 0.3) is 5.91 Å². The second-order valence-electron chi connectivity index (χ2n) is 8.62. The molecular formula is C27H28N4O5. The molecule has 3 aromatic rings. The number of hydrogen-bond donors (Lipinski definition) is 1. The lowest BCUT2D eigenvalue weighted by Crippen LogP contribution is -2.50. The maximum absolute atomic E-state index is 13.1. The highest BCUT2D eigenvalue weighted by Crippen LogP contribution is 2.34. The second-order valence-corrected chi connectivity index (χ2v) is 8.62. The lowest BCUT2D eigenvalue weighted by molar-refractivity contribution is -0.125. The van der Waals surface area contributed by atoms with Crippen LogP contribution in [0.4, 0.5) is 0 Å². The molecule has 4 rings (SSSR count). The van der Waals surface area contributed by atoms with Crippen molar-refractivity contribution in [1.29, 1.82) is 5.26 Å². The summed E-state index contributed by atoms with van der Waals surface area (Å²) in [7, 11) is 3.08. The fourth-order valence-electron chi connectivity index (χ4n) is 4.38. The third-order valence-corrected chi connectivity index (χ3v) is 6.26. The molecule has 0 aliphatic heterocycles.